The number of nitrogens with zero attached hydrogens (tertiary/aromatic N) is 3. The summed E-state index contributed by atoms with van der Waals surface area (Å²) < 4.78 is 79.6. The smallest absolute Gasteiger partial charge is 0.384 e. The fourth-order valence-corrected chi connectivity index (χ4v) is 5.72. The summed E-state index contributed by atoms with van der Waals surface area (Å²) in [5, 5.41) is 9.90. The standard InChI is InChI=1S/C10H14F2N5O13P3/c11-10(12)5(18)3(1-27-32(23,24)30-33(25,26)29-31(20,21)22)28-8(10)17-2-14-4-6(17)15-9(13)16-7(4)19/h2-3,5,8,18H,1H2,(H,23,24)(H,25,26)(H2,20,21,22)(H3,13,15,16,19)/t3-,5+,8-/m1/s1. The number of anilines is 1. The summed E-state index contributed by atoms with van der Waals surface area (Å²) in [7, 11) is -17.1. The van der Waals surface area contributed by atoms with E-state index in [-0.39, 0.29) is 0 Å². The predicted octanol–water partition coefficient (Wildman–Crippen LogP) is -1.06. The highest BCUT2D eigenvalue weighted by molar-refractivity contribution is 7.66. The van der Waals surface area contributed by atoms with E-state index >= 15 is 0 Å². The molecule has 0 aliphatic carbocycles. The van der Waals surface area contributed by atoms with Crippen molar-refractivity contribution >= 4 is 40.6 Å². The second kappa shape index (κ2) is 8.53. The van der Waals surface area contributed by atoms with E-state index in [0.29, 0.717) is 4.57 Å². The molecule has 0 saturated carbocycles. The highest BCUT2D eigenvalue weighted by atomic mass is 31.3. The Balaban J connectivity index is 1.78. The number of hydrogen-bond donors (Lipinski definition) is 7. The zero-order chi connectivity index (χ0) is 25.0. The zero-order valence-electron chi connectivity index (χ0n) is 15.5. The number of fused-ring (bicyclic) bond motifs is 1. The lowest BCUT2D eigenvalue weighted by Gasteiger charge is -2.20. The molecule has 33 heavy (non-hydrogen) atoms. The lowest BCUT2D eigenvalue weighted by Crippen LogP contribution is -2.39. The molecule has 1 aliphatic heterocycles. The topological polar surface area (TPSA) is 279 Å². The first-order valence-electron chi connectivity index (χ1n) is 8.14. The van der Waals surface area contributed by atoms with E-state index in [2.05, 4.69) is 28.1 Å². The Morgan fingerprint density at radius 3 is 2.45 bits per heavy atom. The number of phosphoric acid groups is 3. The number of ether oxygens (including phenoxy) is 1. The number of alkyl halides is 2. The molecule has 2 aromatic rings. The molecule has 3 heterocycles. The van der Waals surface area contributed by atoms with Crippen molar-refractivity contribution in [1.82, 2.24) is 19.5 Å². The number of rotatable bonds is 8. The number of phosphoric ester groups is 1. The molecule has 1 fully saturated rings. The Hall–Kier alpha value is -1.66. The summed E-state index contributed by atoms with van der Waals surface area (Å²) in [5.74, 6) is -4.56. The molecule has 186 valence electrons. The third-order valence-corrected chi connectivity index (χ3v) is 7.70. The van der Waals surface area contributed by atoms with Crippen LogP contribution in [-0.2, 0) is 31.6 Å². The summed E-state index contributed by atoms with van der Waals surface area (Å²) in [6.07, 6.45) is -6.37. The van der Waals surface area contributed by atoms with Gasteiger partial charge >= 0.3 is 29.4 Å². The fourth-order valence-electron chi connectivity index (χ4n) is 2.69. The van der Waals surface area contributed by atoms with Gasteiger partial charge < -0.3 is 35.2 Å². The van der Waals surface area contributed by atoms with Crippen LogP contribution in [0.2, 0.25) is 0 Å². The van der Waals surface area contributed by atoms with Crippen molar-refractivity contribution in [3.8, 4) is 0 Å². The van der Waals surface area contributed by atoms with E-state index in [4.69, 9.17) is 25.2 Å². The molecule has 3 rings (SSSR count). The van der Waals surface area contributed by atoms with Crippen molar-refractivity contribution in [3.63, 3.8) is 0 Å². The van der Waals surface area contributed by atoms with Gasteiger partial charge in [0.15, 0.2) is 17.3 Å². The number of nitrogens with two attached hydrogens (primary N) is 1. The van der Waals surface area contributed by atoms with Crippen LogP contribution in [0.15, 0.2) is 11.1 Å². The normalized spacial score (nSPS) is 26.8. The Morgan fingerprint density at radius 2 is 1.85 bits per heavy atom. The second-order valence-corrected chi connectivity index (χ2v) is 10.7. The number of aliphatic hydroxyl groups is 1. The van der Waals surface area contributed by atoms with Gasteiger partial charge in [0.05, 0.1) is 12.9 Å². The first kappa shape index (κ1) is 26.0. The number of imidazole rings is 1. The molecule has 2 aromatic heterocycles. The van der Waals surface area contributed by atoms with Crippen LogP contribution in [0, 0.1) is 0 Å². The number of H-pyrrole nitrogens is 1. The van der Waals surface area contributed by atoms with Crippen LogP contribution in [0.1, 0.15) is 6.23 Å². The molecule has 0 bridgehead atoms. The van der Waals surface area contributed by atoms with E-state index < -0.39 is 77.1 Å². The van der Waals surface area contributed by atoms with Crippen LogP contribution >= 0.6 is 23.5 Å². The Bertz CT molecular complexity index is 1260. The van der Waals surface area contributed by atoms with Crippen LogP contribution in [0.5, 0.6) is 0 Å². The lowest BCUT2D eigenvalue weighted by atomic mass is 10.1. The number of nitrogen functional groups attached to an aromatic ring is 1. The van der Waals surface area contributed by atoms with Crippen LogP contribution in [0.3, 0.4) is 0 Å². The average molecular weight is 543 g/mol. The molecule has 2 unspecified atom stereocenters. The summed E-state index contributed by atoms with van der Waals surface area (Å²) in [5.41, 5.74) is 3.68. The maximum Gasteiger partial charge on any atom is 0.490 e. The van der Waals surface area contributed by atoms with Crippen molar-refractivity contribution in [3.05, 3.63) is 16.7 Å². The quantitative estimate of drug-likeness (QED) is 0.195. The monoisotopic (exact) mass is 543 g/mol. The average Bonchev–Trinajstić information content (AvgIpc) is 3.10. The molecular formula is C10H14F2N5O13P3. The molecule has 0 aromatic carbocycles. The van der Waals surface area contributed by atoms with Gasteiger partial charge in [-0.25, -0.2) is 18.7 Å². The number of aliphatic hydroxyl groups excluding tert-OH is 1. The maximum atomic E-state index is 14.6. The number of halogens is 2. The van der Waals surface area contributed by atoms with Crippen molar-refractivity contribution in [2.45, 2.75) is 24.4 Å². The van der Waals surface area contributed by atoms with Gasteiger partial charge in [-0.1, -0.05) is 0 Å². The number of aromatic nitrogens is 4. The van der Waals surface area contributed by atoms with Crippen molar-refractivity contribution in [1.29, 1.82) is 0 Å². The van der Waals surface area contributed by atoms with Crippen molar-refractivity contribution < 1.29 is 65.0 Å². The molecule has 0 spiro atoms. The van der Waals surface area contributed by atoms with Gasteiger partial charge in [-0.3, -0.25) is 18.9 Å². The maximum absolute atomic E-state index is 14.6. The Morgan fingerprint density at radius 1 is 1.21 bits per heavy atom. The third kappa shape index (κ3) is 5.71. The van der Waals surface area contributed by atoms with Crippen LogP contribution in [0.4, 0.5) is 14.7 Å². The second-order valence-electron chi connectivity index (χ2n) is 6.31. The zero-order valence-corrected chi connectivity index (χ0v) is 18.2. The summed E-state index contributed by atoms with van der Waals surface area (Å²) in [4.78, 5) is 56.6. The van der Waals surface area contributed by atoms with E-state index in [1.807, 2.05) is 0 Å². The van der Waals surface area contributed by atoms with Gasteiger partial charge in [-0.15, -0.1) is 0 Å². The summed E-state index contributed by atoms with van der Waals surface area (Å²) in [6, 6.07) is 0. The van der Waals surface area contributed by atoms with E-state index in [1.54, 1.807) is 0 Å². The van der Waals surface area contributed by atoms with Crippen molar-refractivity contribution in [2.75, 3.05) is 12.3 Å². The lowest BCUT2D eigenvalue weighted by molar-refractivity contribution is -0.138. The van der Waals surface area contributed by atoms with Crippen LogP contribution < -0.4 is 11.3 Å². The fraction of sp³-hybridized carbons (Fsp3) is 0.500. The minimum Gasteiger partial charge on any atom is -0.384 e. The molecule has 1 saturated heterocycles. The van der Waals surface area contributed by atoms with Gasteiger partial charge in [-0.05, 0) is 0 Å². The third-order valence-electron chi connectivity index (χ3n) is 3.90. The largest absolute Gasteiger partial charge is 0.490 e. The first-order chi connectivity index (χ1) is 14.9. The Labute approximate surface area is 179 Å². The molecule has 18 nitrogen and oxygen atoms in total. The van der Waals surface area contributed by atoms with Gasteiger partial charge in [0, 0.05) is 0 Å². The SMILES string of the molecule is Nc1nc2c(ncn2[C@@H]2O[C@H](COP(=O)(O)OP(=O)(O)OP(=O)(O)O)[C@H](O)C2(F)F)c(=O)[nH]1. The van der Waals surface area contributed by atoms with Crippen LogP contribution in [-0.4, -0.2) is 68.9 Å². The number of aromatic amines is 1. The molecule has 0 radical (unpaired) electrons. The van der Waals surface area contributed by atoms with Crippen LogP contribution in [0.25, 0.3) is 11.2 Å². The molecule has 0 amide bonds. The number of nitrogens with one attached hydrogen (secondary N) is 1. The van der Waals surface area contributed by atoms with E-state index in [0.717, 1.165) is 6.33 Å². The van der Waals surface area contributed by atoms with Gasteiger partial charge in [0.2, 0.25) is 12.2 Å². The first-order valence-corrected chi connectivity index (χ1v) is 12.7. The minimum absolute atomic E-state index is 0.394. The van der Waals surface area contributed by atoms with Gasteiger partial charge in [0.25, 0.3) is 5.56 Å². The number of hydrogen-bond acceptors (Lipinski definition) is 12. The molecular weight excluding hydrogens is 529 g/mol. The summed E-state index contributed by atoms with van der Waals surface area (Å²) in [6.45, 7) is -1.35. The highest BCUT2D eigenvalue weighted by Crippen LogP contribution is 2.66. The predicted molar refractivity (Wildman–Crippen MR) is 97.2 cm³/mol. The van der Waals surface area contributed by atoms with E-state index in [9.17, 15) is 37.3 Å². The van der Waals surface area contributed by atoms with Gasteiger partial charge in [-0.2, -0.15) is 22.4 Å². The molecule has 23 heteroatoms. The van der Waals surface area contributed by atoms with E-state index in [1.165, 1.54) is 0 Å². The highest BCUT2D eigenvalue weighted by Gasteiger charge is 2.60. The summed E-state index contributed by atoms with van der Waals surface area (Å²) >= 11 is 0. The van der Waals surface area contributed by atoms with Crippen molar-refractivity contribution in [2.24, 2.45) is 0 Å². The van der Waals surface area contributed by atoms with Gasteiger partial charge in [0.1, 0.15) is 6.10 Å². The molecule has 8 N–H and O–H groups in total. The molecule has 5 atom stereocenters. The minimum atomic E-state index is -5.84. The molecule has 1 aliphatic rings. The Kier molecular flexibility index (Phi) is 6.71.